The van der Waals surface area contributed by atoms with Gasteiger partial charge in [-0.05, 0) is 35.4 Å². The number of hydrogen-bond donors (Lipinski definition) is 0. The molecule has 0 aliphatic heterocycles. The van der Waals surface area contributed by atoms with Gasteiger partial charge in [0.05, 0.1) is 22.1 Å². The van der Waals surface area contributed by atoms with Gasteiger partial charge in [0.2, 0.25) is 5.71 Å². The molecule has 0 radical (unpaired) electrons. The van der Waals surface area contributed by atoms with E-state index in [2.05, 4.69) is 126 Å². The second-order valence-electron chi connectivity index (χ2n) is 15.3. The highest BCUT2D eigenvalue weighted by molar-refractivity contribution is 6.23. The predicted molar refractivity (Wildman–Crippen MR) is 250 cm³/mol. The standard InChI is InChI=1S/C55H34N6O/c1-5-16-35(17-6-1)36-28-30-40(31-29-36)53-57-52(39-22-11-4-12-23-39)58-54(59-53)41-24-15-25-42(34-41)61-46-27-14-13-26-43(46)44-32-33-45-47-48(37-18-7-2-8-19-37)56-51(38-20-9-3-10-21-38)60-55(47)62-50(45)49(44)61/h1-34H. The van der Waals surface area contributed by atoms with Crippen LogP contribution in [0.2, 0.25) is 0 Å². The van der Waals surface area contributed by atoms with Crippen molar-refractivity contribution in [1.82, 2.24) is 29.5 Å². The fraction of sp³-hybridized carbons (Fsp3) is 0. The first-order chi connectivity index (χ1) is 30.7. The van der Waals surface area contributed by atoms with Gasteiger partial charge in [-0.3, -0.25) is 0 Å². The van der Waals surface area contributed by atoms with E-state index in [-0.39, 0.29) is 0 Å². The molecule has 12 rings (SSSR count). The zero-order chi connectivity index (χ0) is 41.0. The van der Waals surface area contributed by atoms with Gasteiger partial charge in [-0.15, -0.1) is 0 Å². The molecule has 4 aromatic heterocycles. The summed E-state index contributed by atoms with van der Waals surface area (Å²) in [5.41, 5.74) is 11.9. The van der Waals surface area contributed by atoms with E-state index in [1.54, 1.807) is 0 Å². The van der Waals surface area contributed by atoms with Gasteiger partial charge in [-0.25, -0.2) is 19.9 Å². The van der Waals surface area contributed by atoms with Gasteiger partial charge in [-0.2, -0.15) is 4.98 Å². The van der Waals surface area contributed by atoms with Crippen LogP contribution in [0.15, 0.2) is 211 Å². The molecule has 0 N–H and O–H groups in total. The molecule has 0 fully saturated rings. The molecule has 0 aliphatic rings. The summed E-state index contributed by atoms with van der Waals surface area (Å²) in [5.74, 6) is 2.40. The van der Waals surface area contributed by atoms with E-state index >= 15 is 0 Å². The molecule has 0 atom stereocenters. The summed E-state index contributed by atoms with van der Waals surface area (Å²) in [6.07, 6.45) is 0. The molecule has 12 aromatic rings. The van der Waals surface area contributed by atoms with Crippen molar-refractivity contribution in [3.05, 3.63) is 206 Å². The summed E-state index contributed by atoms with van der Waals surface area (Å²) in [4.78, 5) is 25.5. The maximum absolute atomic E-state index is 6.96. The second kappa shape index (κ2) is 14.6. The summed E-state index contributed by atoms with van der Waals surface area (Å²) in [5, 5.41) is 4.01. The quantitative estimate of drug-likeness (QED) is 0.160. The van der Waals surface area contributed by atoms with E-state index in [1.165, 1.54) is 0 Å². The number of fused-ring (bicyclic) bond motifs is 7. The number of aromatic nitrogens is 6. The molecule has 7 nitrogen and oxygen atoms in total. The lowest BCUT2D eigenvalue weighted by molar-refractivity contribution is 0.655. The average molecular weight is 795 g/mol. The van der Waals surface area contributed by atoms with Gasteiger partial charge in [0.15, 0.2) is 28.9 Å². The van der Waals surface area contributed by atoms with Crippen LogP contribution >= 0.6 is 0 Å². The lowest BCUT2D eigenvalue weighted by atomic mass is 10.0. The SMILES string of the molecule is c1ccc(-c2ccc(-c3nc(-c4ccccc4)nc(-c4cccc(-n5c6ccccc6c6ccc7c(oc8nc(-c9ccccc9)nc(-c9ccccc9)c87)c65)c4)n3)cc2)cc1. The van der Waals surface area contributed by atoms with Crippen molar-refractivity contribution in [1.29, 1.82) is 0 Å². The minimum atomic E-state index is 0.536. The van der Waals surface area contributed by atoms with E-state index in [4.69, 9.17) is 29.3 Å². The van der Waals surface area contributed by atoms with Gasteiger partial charge in [0.25, 0.3) is 0 Å². The molecule has 0 spiro atoms. The molecular formula is C55H34N6O. The summed E-state index contributed by atoms with van der Waals surface area (Å²) in [6.45, 7) is 0. The average Bonchev–Trinajstić information content (AvgIpc) is 3.91. The van der Waals surface area contributed by atoms with Crippen LogP contribution in [0.25, 0.3) is 117 Å². The Hall–Kier alpha value is -8.55. The van der Waals surface area contributed by atoms with Crippen molar-refractivity contribution in [2.45, 2.75) is 0 Å². The van der Waals surface area contributed by atoms with Crippen molar-refractivity contribution in [3.63, 3.8) is 0 Å². The number of hydrogen-bond acceptors (Lipinski definition) is 6. The zero-order valence-electron chi connectivity index (χ0n) is 33.2. The Morgan fingerprint density at radius 2 is 0.823 bits per heavy atom. The lowest BCUT2D eigenvalue weighted by Gasteiger charge is -2.12. The minimum absolute atomic E-state index is 0.536. The maximum atomic E-state index is 6.96. The Labute approximate surface area is 356 Å². The van der Waals surface area contributed by atoms with Crippen LogP contribution in [0, 0.1) is 0 Å². The molecule has 4 heterocycles. The Kier molecular flexibility index (Phi) is 8.35. The topological polar surface area (TPSA) is 82.5 Å². The number of para-hydroxylation sites is 1. The number of furan rings is 1. The number of nitrogens with zero attached hydrogens (tertiary/aromatic N) is 6. The minimum Gasteiger partial charge on any atom is -0.435 e. The van der Waals surface area contributed by atoms with Gasteiger partial charge in [-0.1, -0.05) is 182 Å². The molecule has 62 heavy (non-hydrogen) atoms. The van der Waals surface area contributed by atoms with E-state index in [0.717, 1.165) is 88.5 Å². The summed E-state index contributed by atoms with van der Waals surface area (Å²) >= 11 is 0. The third-order valence-corrected chi connectivity index (χ3v) is 11.5. The molecule has 0 bridgehead atoms. The van der Waals surface area contributed by atoms with Crippen LogP contribution < -0.4 is 0 Å². The highest BCUT2D eigenvalue weighted by Crippen LogP contribution is 2.43. The normalized spacial score (nSPS) is 11.5. The first kappa shape index (κ1) is 35.4. The molecule has 0 amide bonds. The van der Waals surface area contributed by atoms with Crippen LogP contribution in [0.4, 0.5) is 0 Å². The fourth-order valence-corrected chi connectivity index (χ4v) is 8.55. The summed E-state index contributed by atoms with van der Waals surface area (Å²) in [7, 11) is 0. The summed E-state index contributed by atoms with van der Waals surface area (Å²) < 4.78 is 9.24. The van der Waals surface area contributed by atoms with Crippen molar-refractivity contribution in [2.75, 3.05) is 0 Å². The van der Waals surface area contributed by atoms with Crippen LogP contribution in [0.1, 0.15) is 0 Å². The third kappa shape index (κ3) is 6.02. The van der Waals surface area contributed by atoms with E-state index < -0.39 is 0 Å². The molecule has 7 heteroatoms. The first-order valence-corrected chi connectivity index (χ1v) is 20.6. The maximum Gasteiger partial charge on any atom is 0.231 e. The zero-order valence-corrected chi connectivity index (χ0v) is 33.2. The van der Waals surface area contributed by atoms with Crippen molar-refractivity contribution in [3.8, 4) is 73.6 Å². The second-order valence-corrected chi connectivity index (χ2v) is 15.3. The highest BCUT2D eigenvalue weighted by Gasteiger charge is 2.24. The highest BCUT2D eigenvalue weighted by atomic mass is 16.3. The Morgan fingerprint density at radius 1 is 0.339 bits per heavy atom. The van der Waals surface area contributed by atoms with E-state index in [0.29, 0.717) is 29.0 Å². The Morgan fingerprint density at radius 3 is 1.48 bits per heavy atom. The van der Waals surface area contributed by atoms with Crippen LogP contribution in [0.5, 0.6) is 0 Å². The van der Waals surface area contributed by atoms with Crippen LogP contribution in [0.3, 0.4) is 0 Å². The third-order valence-electron chi connectivity index (χ3n) is 11.5. The number of benzene rings is 8. The Balaban J connectivity index is 1.06. The van der Waals surface area contributed by atoms with Crippen LogP contribution in [-0.2, 0) is 0 Å². The van der Waals surface area contributed by atoms with Crippen molar-refractivity contribution < 1.29 is 4.42 Å². The smallest absolute Gasteiger partial charge is 0.231 e. The van der Waals surface area contributed by atoms with Gasteiger partial charge in [0, 0.05) is 49.7 Å². The van der Waals surface area contributed by atoms with Crippen molar-refractivity contribution >= 4 is 43.9 Å². The molecule has 0 unspecified atom stereocenters. The van der Waals surface area contributed by atoms with Gasteiger partial charge < -0.3 is 8.98 Å². The van der Waals surface area contributed by atoms with Gasteiger partial charge >= 0.3 is 0 Å². The number of rotatable bonds is 7. The monoisotopic (exact) mass is 794 g/mol. The van der Waals surface area contributed by atoms with E-state index in [9.17, 15) is 0 Å². The molecule has 0 saturated heterocycles. The molecular weight excluding hydrogens is 761 g/mol. The molecule has 290 valence electrons. The summed E-state index contributed by atoms with van der Waals surface area (Å²) in [6, 6.07) is 70.4. The molecule has 8 aromatic carbocycles. The Bertz CT molecular complexity index is 3600. The lowest BCUT2D eigenvalue weighted by Crippen LogP contribution is -2.01. The van der Waals surface area contributed by atoms with E-state index in [1.807, 2.05) is 84.9 Å². The van der Waals surface area contributed by atoms with Crippen LogP contribution in [-0.4, -0.2) is 29.5 Å². The molecule has 0 saturated carbocycles. The first-order valence-electron chi connectivity index (χ1n) is 20.6. The fourth-order valence-electron chi connectivity index (χ4n) is 8.55. The predicted octanol–water partition coefficient (Wildman–Crippen LogP) is 13.7. The largest absolute Gasteiger partial charge is 0.435 e. The van der Waals surface area contributed by atoms with Crippen molar-refractivity contribution in [2.24, 2.45) is 0 Å². The van der Waals surface area contributed by atoms with Gasteiger partial charge in [0.1, 0.15) is 0 Å². The molecule has 0 aliphatic carbocycles.